The highest BCUT2D eigenvalue weighted by Crippen LogP contribution is 2.19. The predicted octanol–water partition coefficient (Wildman–Crippen LogP) is 5.47. The van der Waals surface area contributed by atoms with Gasteiger partial charge in [0.2, 0.25) is 0 Å². The number of benzene rings is 3. The molecular formula is C24H23NO3. The first-order chi connectivity index (χ1) is 13.6. The molecule has 0 fully saturated rings. The second kappa shape index (κ2) is 9.42. The Morgan fingerprint density at radius 1 is 0.857 bits per heavy atom. The third-order valence-electron chi connectivity index (χ3n) is 3.96. The van der Waals surface area contributed by atoms with Gasteiger partial charge in [-0.05, 0) is 66.6 Å². The second-order valence-corrected chi connectivity index (χ2v) is 6.52. The van der Waals surface area contributed by atoms with E-state index in [9.17, 15) is 4.79 Å². The van der Waals surface area contributed by atoms with Gasteiger partial charge in [0.1, 0.15) is 24.7 Å². The number of amides is 1. The summed E-state index contributed by atoms with van der Waals surface area (Å²) in [5.74, 6) is 1.28. The Morgan fingerprint density at radius 3 is 2.11 bits per heavy atom. The molecule has 4 heteroatoms. The summed E-state index contributed by atoms with van der Waals surface area (Å²) < 4.78 is 11.3. The van der Waals surface area contributed by atoms with E-state index in [1.165, 1.54) is 0 Å². The molecule has 3 aromatic carbocycles. The van der Waals surface area contributed by atoms with Crippen molar-refractivity contribution in [3.8, 4) is 11.5 Å². The van der Waals surface area contributed by atoms with E-state index in [2.05, 4.69) is 11.9 Å². The van der Waals surface area contributed by atoms with Crippen molar-refractivity contribution in [2.75, 3.05) is 11.9 Å². The lowest BCUT2D eigenvalue weighted by Gasteiger charge is -2.09. The summed E-state index contributed by atoms with van der Waals surface area (Å²) in [5.41, 5.74) is 3.32. The summed E-state index contributed by atoms with van der Waals surface area (Å²) in [6.45, 7) is 6.67. The second-order valence-electron chi connectivity index (χ2n) is 6.52. The maximum atomic E-state index is 12.4. The highest BCUT2D eigenvalue weighted by molar-refractivity contribution is 6.04. The number of carbonyl (C=O) groups is 1. The van der Waals surface area contributed by atoms with Gasteiger partial charge in [0.25, 0.3) is 5.91 Å². The van der Waals surface area contributed by atoms with Crippen molar-refractivity contribution in [2.45, 2.75) is 13.5 Å². The predicted molar refractivity (Wildman–Crippen MR) is 112 cm³/mol. The van der Waals surface area contributed by atoms with Crippen LogP contribution in [-0.2, 0) is 6.61 Å². The number of rotatable bonds is 8. The Bertz CT molecular complexity index is 916. The number of hydrogen-bond acceptors (Lipinski definition) is 3. The van der Waals surface area contributed by atoms with Gasteiger partial charge in [-0.2, -0.15) is 0 Å². The van der Waals surface area contributed by atoms with Gasteiger partial charge >= 0.3 is 0 Å². The molecule has 3 aromatic rings. The molecular weight excluding hydrogens is 350 g/mol. The minimum absolute atomic E-state index is 0.176. The molecule has 28 heavy (non-hydrogen) atoms. The molecule has 0 bridgehead atoms. The summed E-state index contributed by atoms with van der Waals surface area (Å²) in [6, 6.07) is 24.3. The van der Waals surface area contributed by atoms with Crippen molar-refractivity contribution in [3.63, 3.8) is 0 Å². The maximum absolute atomic E-state index is 12.4. The zero-order chi connectivity index (χ0) is 19.8. The fourth-order valence-electron chi connectivity index (χ4n) is 2.49. The molecule has 0 aliphatic carbocycles. The summed E-state index contributed by atoms with van der Waals surface area (Å²) in [7, 11) is 0. The molecule has 0 aromatic heterocycles. The van der Waals surface area contributed by atoms with Gasteiger partial charge in [0.15, 0.2) is 0 Å². The molecule has 0 atom stereocenters. The van der Waals surface area contributed by atoms with Crippen LogP contribution in [0.5, 0.6) is 11.5 Å². The van der Waals surface area contributed by atoms with Crippen LogP contribution in [0, 0.1) is 0 Å². The van der Waals surface area contributed by atoms with E-state index >= 15 is 0 Å². The van der Waals surface area contributed by atoms with E-state index in [0.29, 0.717) is 30.2 Å². The van der Waals surface area contributed by atoms with Crippen LogP contribution in [0.15, 0.2) is 91.0 Å². The smallest absolute Gasteiger partial charge is 0.255 e. The van der Waals surface area contributed by atoms with Crippen LogP contribution >= 0.6 is 0 Å². The largest absolute Gasteiger partial charge is 0.489 e. The minimum Gasteiger partial charge on any atom is -0.489 e. The lowest BCUT2D eigenvalue weighted by Crippen LogP contribution is -2.11. The molecule has 0 saturated heterocycles. The fraction of sp³-hybridized carbons (Fsp3) is 0.125. The third-order valence-corrected chi connectivity index (χ3v) is 3.96. The Labute approximate surface area is 165 Å². The number of anilines is 1. The van der Waals surface area contributed by atoms with Crippen LogP contribution in [0.4, 0.5) is 5.69 Å². The van der Waals surface area contributed by atoms with Crippen LogP contribution in [0.1, 0.15) is 22.8 Å². The Hall–Kier alpha value is -3.53. The zero-order valence-electron chi connectivity index (χ0n) is 15.9. The lowest BCUT2D eigenvalue weighted by molar-refractivity contribution is 0.102. The van der Waals surface area contributed by atoms with Crippen molar-refractivity contribution in [3.05, 3.63) is 102 Å². The molecule has 3 rings (SSSR count). The van der Waals surface area contributed by atoms with Crippen LogP contribution < -0.4 is 14.8 Å². The van der Waals surface area contributed by atoms with Gasteiger partial charge in [0, 0.05) is 11.3 Å². The van der Waals surface area contributed by atoms with Crippen molar-refractivity contribution >= 4 is 11.6 Å². The van der Waals surface area contributed by atoms with Gasteiger partial charge in [-0.3, -0.25) is 4.79 Å². The highest BCUT2D eigenvalue weighted by atomic mass is 16.5. The average molecular weight is 373 g/mol. The Kier molecular flexibility index (Phi) is 6.47. The van der Waals surface area contributed by atoms with Gasteiger partial charge in [-0.15, -0.1) is 0 Å². The van der Waals surface area contributed by atoms with Crippen molar-refractivity contribution in [1.29, 1.82) is 0 Å². The van der Waals surface area contributed by atoms with Crippen LogP contribution in [-0.4, -0.2) is 12.5 Å². The monoisotopic (exact) mass is 373 g/mol. The topological polar surface area (TPSA) is 47.6 Å². The summed E-state index contributed by atoms with van der Waals surface area (Å²) in [5, 5.41) is 2.88. The fourth-order valence-corrected chi connectivity index (χ4v) is 2.49. The standard InChI is InChI=1S/C24H23NO3/c1-18(2)16-27-22-12-8-20(9-13-22)24(26)25-21-10-14-23(15-11-21)28-17-19-6-4-3-5-7-19/h3-15H,1,16-17H2,2H3,(H,25,26). The van der Waals surface area contributed by atoms with Crippen LogP contribution in [0.25, 0.3) is 0 Å². The first-order valence-corrected chi connectivity index (χ1v) is 9.05. The first-order valence-electron chi connectivity index (χ1n) is 9.05. The van der Waals surface area contributed by atoms with E-state index in [-0.39, 0.29) is 5.91 Å². The van der Waals surface area contributed by atoms with E-state index in [4.69, 9.17) is 9.47 Å². The molecule has 0 radical (unpaired) electrons. The zero-order valence-corrected chi connectivity index (χ0v) is 15.9. The van der Waals surface area contributed by atoms with Crippen molar-refractivity contribution in [2.24, 2.45) is 0 Å². The molecule has 0 aliphatic rings. The Balaban J connectivity index is 1.53. The van der Waals surface area contributed by atoms with Crippen LogP contribution in [0.3, 0.4) is 0 Å². The maximum Gasteiger partial charge on any atom is 0.255 e. The van der Waals surface area contributed by atoms with Gasteiger partial charge < -0.3 is 14.8 Å². The molecule has 142 valence electrons. The molecule has 0 heterocycles. The van der Waals surface area contributed by atoms with Crippen molar-refractivity contribution < 1.29 is 14.3 Å². The minimum atomic E-state index is -0.176. The molecule has 0 spiro atoms. The summed E-state index contributed by atoms with van der Waals surface area (Å²) in [6.07, 6.45) is 0. The van der Waals surface area contributed by atoms with Crippen molar-refractivity contribution in [1.82, 2.24) is 0 Å². The number of ether oxygens (including phenoxy) is 2. The molecule has 1 N–H and O–H groups in total. The van der Waals surface area contributed by atoms with E-state index in [1.54, 1.807) is 24.3 Å². The molecule has 4 nitrogen and oxygen atoms in total. The first kappa shape index (κ1) is 19.2. The average Bonchev–Trinajstić information content (AvgIpc) is 2.73. The van der Waals surface area contributed by atoms with Gasteiger partial charge in [-0.1, -0.05) is 36.9 Å². The molecule has 0 aliphatic heterocycles. The molecule has 0 unspecified atom stereocenters. The molecule has 1 amide bonds. The molecule has 0 saturated carbocycles. The number of carbonyl (C=O) groups excluding carboxylic acids is 1. The van der Waals surface area contributed by atoms with E-state index in [1.807, 2.05) is 61.5 Å². The number of hydrogen-bond donors (Lipinski definition) is 1. The normalized spacial score (nSPS) is 10.2. The van der Waals surface area contributed by atoms with E-state index < -0.39 is 0 Å². The summed E-state index contributed by atoms with van der Waals surface area (Å²) >= 11 is 0. The van der Waals surface area contributed by atoms with Gasteiger partial charge in [-0.25, -0.2) is 0 Å². The van der Waals surface area contributed by atoms with Gasteiger partial charge in [0.05, 0.1) is 0 Å². The third kappa shape index (κ3) is 5.74. The highest BCUT2D eigenvalue weighted by Gasteiger charge is 2.07. The Morgan fingerprint density at radius 2 is 1.46 bits per heavy atom. The quantitative estimate of drug-likeness (QED) is 0.532. The lowest BCUT2D eigenvalue weighted by atomic mass is 10.2. The number of nitrogens with one attached hydrogen (secondary N) is 1. The SMILES string of the molecule is C=C(C)COc1ccc(C(=O)Nc2ccc(OCc3ccccc3)cc2)cc1. The van der Waals surface area contributed by atoms with Crippen LogP contribution in [0.2, 0.25) is 0 Å². The van der Waals surface area contributed by atoms with E-state index in [0.717, 1.165) is 16.9 Å². The summed E-state index contributed by atoms with van der Waals surface area (Å²) in [4.78, 5) is 12.4.